The zero-order valence-electron chi connectivity index (χ0n) is 16.3. The lowest BCUT2D eigenvalue weighted by atomic mass is 9.79. The van der Waals surface area contributed by atoms with Gasteiger partial charge in [0.1, 0.15) is 13.2 Å². The van der Waals surface area contributed by atoms with Gasteiger partial charge in [0.05, 0.1) is 0 Å². The van der Waals surface area contributed by atoms with E-state index in [-0.39, 0.29) is 0 Å². The summed E-state index contributed by atoms with van der Waals surface area (Å²) in [4.78, 5) is 0. The predicted molar refractivity (Wildman–Crippen MR) is 110 cm³/mol. The lowest BCUT2D eigenvalue weighted by Gasteiger charge is -2.31. The number of hydrogen-bond donors (Lipinski definition) is 1. The van der Waals surface area contributed by atoms with Crippen molar-refractivity contribution in [1.82, 2.24) is 0 Å². The fourth-order valence-electron chi connectivity index (χ4n) is 5.12. The molecule has 3 heteroatoms. The molecule has 0 atom stereocenters. The Labute approximate surface area is 162 Å². The average molecular weight is 364 g/mol. The molecule has 0 bridgehead atoms. The number of rotatable bonds is 3. The van der Waals surface area contributed by atoms with Gasteiger partial charge in [-0.3, -0.25) is 0 Å². The van der Waals surface area contributed by atoms with E-state index in [1.165, 1.54) is 77.6 Å². The normalized spacial score (nSPS) is 17.8. The van der Waals surface area contributed by atoms with Gasteiger partial charge in [0.2, 0.25) is 0 Å². The highest BCUT2D eigenvalue weighted by Crippen LogP contribution is 2.50. The summed E-state index contributed by atoms with van der Waals surface area (Å²) in [7, 11) is 0. The molecular formula is C24H29NO2. The summed E-state index contributed by atoms with van der Waals surface area (Å²) in [5.41, 5.74) is 10.0. The molecule has 0 amide bonds. The van der Waals surface area contributed by atoms with Crippen LogP contribution in [0.4, 0.5) is 5.69 Å². The number of ether oxygens (including phenoxy) is 2. The average Bonchev–Trinajstić information content (AvgIpc) is 2.72. The van der Waals surface area contributed by atoms with Gasteiger partial charge in [0.25, 0.3) is 0 Å². The van der Waals surface area contributed by atoms with Crippen LogP contribution < -0.4 is 14.8 Å². The van der Waals surface area contributed by atoms with E-state index in [0.29, 0.717) is 13.2 Å². The topological polar surface area (TPSA) is 30.5 Å². The molecule has 27 heavy (non-hydrogen) atoms. The Hall–Kier alpha value is -2.16. The number of fused-ring (bicyclic) bond motifs is 3. The van der Waals surface area contributed by atoms with E-state index in [2.05, 4.69) is 30.4 Å². The molecule has 1 heterocycles. The summed E-state index contributed by atoms with van der Waals surface area (Å²) in [6, 6.07) is 6.89. The Balaban J connectivity index is 1.82. The zero-order valence-corrected chi connectivity index (χ0v) is 16.3. The molecule has 0 unspecified atom stereocenters. The summed E-state index contributed by atoms with van der Waals surface area (Å²) < 4.78 is 12.3. The summed E-state index contributed by atoms with van der Waals surface area (Å²) in [6.45, 7) is 4.40. The number of benzene rings is 2. The van der Waals surface area contributed by atoms with Crippen molar-refractivity contribution in [1.29, 1.82) is 0 Å². The van der Waals surface area contributed by atoms with Crippen molar-refractivity contribution in [2.75, 3.05) is 25.1 Å². The molecule has 2 aromatic carbocycles. The summed E-state index contributed by atoms with van der Waals surface area (Å²) >= 11 is 0. The van der Waals surface area contributed by atoms with E-state index >= 15 is 0 Å². The third kappa shape index (κ3) is 2.88. The third-order valence-corrected chi connectivity index (χ3v) is 6.31. The van der Waals surface area contributed by atoms with Gasteiger partial charge < -0.3 is 14.8 Å². The lowest BCUT2D eigenvalue weighted by Crippen LogP contribution is -2.19. The van der Waals surface area contributed by atoms with Gasteiger partial charge in [-0.2, -0.15) is 0 Å². The minimum atomic E-state index is 0.643. The molecule has 1 N–H and O–H groups in total. The Morgan fingerprint density at radius 2 is 1.52 bits per heavy atom. The highest BCUT2D eigenvalue weighted by molar-refractivity contribution is 5.90. The first-order valence-corrected chi connectivity index (χ1v) is 10.7. The monoisotopic (exact) mass is 363 g/mol. The molecule has 3 nitrogen and oxygen atoms in total. The molecule has 3 aliphatic rings. The molecule has 0 saturated heterocycles. The number of aryl methyl sites for hydroxylation is 2. The smallest absolute Gasteiger partial charge is 0.169 e. The van der Waals surface area contributed by atoms with E-state index in [4.69, 9.17) is 9.47 Å². The Morgan fingerprint density at radius 3 is 2.33 bits per heavy atom. The van der Waals surface area contributed by atoms with Gasteiger partial charge in [-0.05, 0) is 92.7 Å². The van der Waals surface area contributed by atoms with E-state index in [0.717, 1.165) is 30.9 Å². The van der Waals surface area contributed by atoms with E-state index in [9.17, 15) is 0 Å². The van der Waals surface area contributed by atoms with Crippen LogP contribution in [0.5, 0.6) is 11.5 Å². The van der Waals surface area contributed by atoms with Crippen LogP contribution in [0.2, 0.25) is 0 Å². The predicted octanol–water partition coefficient (Wildman–Crippen LogP) is 5.31. The van der Waals surface area contributed by atoms with Gasteiger partial charge in [-0.25, -0.2) is 0 Å². The van der Waals surface area contributed by atoms with Crippen molar-refractivity contribution in [2.45, 2.75) is 58.3 Å². The van der Waals surface area contributed by atoms with Crippen molar-refractivity contribution >= 4 is 5.69 Å². The number of nitrogens with one attached hydrogen (secondary N) is 1. The standard InChI is InChI=1S/C24H29NO2/c1-2-25-20-12-11-16-7-3-5-9-18(16)22(20)23-19-10-6-4-8-17(19)15-21-24(23)27-14-13-26-21/h11-12,15,25H,2-10,13-14H2,1H3. The number of hydrogen-bond acceptors (Lipinski definition) is 3. The molecule has 0 spiro atoms. The van der Waals surface area contributed by atoms with Crippen molar-refractivity contribution < 1.29 is 9.47 Å². The van der Waals surface area contributed by atoms with Gasteiger partial charge in [0, 0.05) is 23.4 Å². The van der Waals surface area contributed by atoms with Crippen LogP contribution in [0.3, 0.4) is 0 Å². The Kier molecular flexibility index (Phi) is 4.47. The van der Waals surface area contributed by atoms with Crippen molar-refractivity contribution in [2.24, 2.45) is 0 Å². The molecule has 0 aromatic heterocycles. The largest absolute Gasteiger partial charge is 0.486 e. The highest BCUT2D eigenvalue weighted by atomic mass is 16.6. The van der Waals surface area contributed by atoms with Crippen LogP contribution in [0.1, 0.15) is 54.9 Å². The first kappa shape index (κ1) is 17.0. The Bertz CT molecular complexity index is 837. The minimum Gasteiger partial charge on any atom is -0.486 e. The van der Waals surface area contributed by atoms with Gasteiger partial charge in [0.15, 0.2) is 11.5 Å². The zero-order chi connectivity index (χ0) is 18.2. The second-order valence-electron chi connectivity index (χ2n) is 7.98. The molecule has 2 aromatic rings. The van der Waals surface area contributed by atoms with Crippen LogP contribution in [-0.4, -0.2) is 19.8 Å². The van der Waals surface area contributed by atoms with Gasteiger partial charge in [-0.1, -0.05) is 6.07 Å². The van der Waals surface area contributed by atoms with Crippen molar-refractivity contribution in [3.8, 4) is 22.6 Å². The third-order valence-electron chi connectivity index (χ3n) is 6.31. The Morgan fingerprint density at radius 1 is 0.815 bits per heavy atom. The van der Waals surface area contributed by atoms with E-state index in [1.807, 2.05) is 0 Å². The van der Waals surface area contributed by atoms with Gasteiger partial charge in [-0.15, -0.1) is 0 Å². The highest BCUT2D eigenvalue weighted by Gasteiger charge is 2.29. The maximum Gasteiger partial charge on any atom is 0.169 e. The quantitative estimate of drug-likeness (QED) is 0.801. The molecule has 0 saturated carbocycles. The molecular weight excluding hydrogens is 334 g/mol. The summed E-state index contributed by atoms with van der Waals surface area (Å²) in [5.74, 6) is 1.94. The number of anilines is 1. The van der Waals surface area contributed by atoms with Crippen LogP contribution >= 0.6 is 0 Å². The fourth-order valence-corrected chi connectivity index (χ4v) is 5.12. The molecule has 142 valence electrons. The fraction of sp³-hybridized carbons (Fsp3) is 0.500. The molecule has 0 fully saturated rings. The second-order valence-corrected chi connectivity index (χ2v) is 7.98. The second kappa shape index (κ2) is 7.10. The first-order chi connectivity index (χ1) is 13.4. The summed E-state index contributed by atoms with van der Waals surface area (Å²) in [5, 5.41) is 3.64. The molecule has 0 radical (unpaired) electrons. The van der Waals surface area contributed by atoms with Crippen LogP contribution in [0.15, 0.2) is 18.2 Å². The maximum absolute atomic E-state index is 6.25. The van der Waals surface area contributed by atoms with Crippen LogP contribution in [0.25, 0.3) is 11.1 Å². The SMILES string of the molecule is CCNc1ccc2c(c1-c1c3c(cc4c1OCCO4)CCCC3)CCCC2. The summed E-state index contributed by atoms with van der Waals surface area (Å²) in [6.07, 6.45) is 9.81. The molecule has 5 rings (SSSR count). The van der Waals surface area contributed by atoms with Gasteiger partial charge >= 0.3 is 0 Å². The lowest BCUT2D eigenvalue weighted by molar-refractivity contribution is 0.172. The molecule has 1 aliphatic heterocycles. The van der Waals surface area contributed by atoms with E-state index in [1.54, 1.807) is 0 Å². The van der Waals surface area contributed by atoms with Crippen molar-refractivity contribution in [3.63, 3.8) is 0 Å². The van der Waals surface area contributed by atoms with E-state index < -0.39 is 0 Å². The maximum atomic E-state index is 6.25. The van der Waals surface area contributed by atoms with Crippen molar-refractivity contribution in [3.05, 3.63) is 40.5 Å². The first-order valence-electron chi connectivity index (χ1n) is 10.7. The van der Waals surface area contributed by atoms with Crippen LogP contribution in [-0.2, 0) is 25.7 Å². The molecule has 2 aliphatic carbocycles. The van der Waals surface area contributed by atoms with Crippen LogP contribution in [0, 0.1) is 0 Å². The minimum absolute atomic E-state index is 0.643.